The van der Waals surface area contributed by atoms with Crippen molar-refractivity contribution in [2.24, 2.45) is 10.9 Å². The summed E-state index contributed by atoms with van der Waals surface area (Å²) < 4.78 is 22.2. The molecule has 0 amide bonds. The van der Waals surface area contributed by atoms with Crippen LogP contribution in [0.25, 0.3) is 0 Å². The molecule has 0 aromatic carbocycles. The van der Waals surface area contributed by atoms with Gasteiger partial charge >= 0.3 is 0 Å². The lowest BCUT2D eigenvalue weighted by molar-refractivity contribution is 0.581. The Bertz CT molecular complexity index is 375. The second kappa shape index (κ2) is 6.97. The van der Waals surface area contributed by atoms with Crippen molar-refractivity contribution in [1.82, 2.24) is 10.6 Å². The van der Waals surface area contributed by atoms with Crippen LogP contribution in [0.2, 0.25) is 0 Å². The molecular formula is C12H25N3O2S. The summed E-state index contributed by atoms with van der Waals surface area (Å²) >= 11 is 0. The van der Waals surface area contributed by atoms with Crippen LogP contribution in [0.3, 0.4) is 0 Å². The summed E-state index contributed by atoms with van der Waals surface area (Å²) in [6.07, 6.45) is 4.44. The second-order valence-electron chi connectivity index (χ2n) is 5.13. The van der Waals surface area contributed by atoms with Gasteiger partial charge in [0.15, 0.2) is 5.96 Å². The summed E-state index contributed by atoms with van der Waals surface area (Å²) in [5, 5.41) is 6.43. The van der Waals surface area contributed by atoms with E-state index in [2.05, 4.69) is 15.6 Å². The fourth-order valence-electron chi connectivity index (χ4n) is 1.54. The Balaban J connectivity index is 2.36. The van der Waals surface area contributed by atoms with Gasteiger partial charge in [0.1, 0.15) is 9.84 Å². The maximum atomic E-state index is 11.1. The van der Waals surface area contributed by atoms with E-state index in [1.165, 1.54) is 19.1 Å². The lowest BCUT2D eigenvalue weighted by Crippen LogP contribution is -2.43. The van der Waals surface area contributed by atoms with Gasteiger partial charge < -0.3 is 10.6 Å². The third-order valence-corrected chi connectivity index (χ3v) is 3.83. The van der Waals surface area contributed by atoms with Gasteiger partial charge in [-0.1, -0.05) is 0 Å². The summed E-state index contributed by atoms with van der Waals surface area (Å²) in [5.41, 5.74) is 0. The Hall–Kier alpha value is -0.780. The molecule has 2 N–H and O–H groups in total. The number of rotatable bonds is 7. The smallest absolute Gasteiger partial charge is 0.191 e. The van der Waals surface area contributed by atoms with E-state index in [0.29, 0.717) is 6.42 Å². The van der Waals surface area contributed by atoms with E-state index in [1.807, 2.05) is 13.8 Å². The number of hydrogen-bond acceptors (Lipinski definition) is 3. The quantitative estimate of drug-likeness (QED) is 0.532. The van der Waals surface area contributed by atoms with Gasteiger partial charge in [0.25, 0.3) is 0 Å². The minimum absolute atomic E-state index is 0.108. The molecule has 18 heavy (non-hydrogen) atoms. The lowest BCUT2D eigenvalue weighted by Gasteiger charge is -2.17. The number of guanidine groups is 1. The normalized spacial score (nSPS) is 18.5. The fourth-order valence-corrected chi connectivity index (χ4v) is 2.32. The van der Waals surface area contributed by atoms with Crippen molar-refractivity contribution in [2.75, 3.05) is 25.1 Å². The second-order valence-corrected chi connectivity index (χ2v) is 7.39. The minimum atomic E-state index is -2.88. The highest BCUT2D eigenvalue weighted by molar-refractivity contribution is 7.90. The summed E-state index contributed by atoms with van der Waals surface area (Å²) in [5.74, 6) is 1.76. The zero-order chi connectivity index (χ0) is 13.6. The molecule has 1 aliphatic carbocycles. The van der Waals surface area contributed by atoms with Crippen LogP contribution in [0.5, 0.6) is 0 Å². The average Bonchev–Trinajstić information content (AvgIpc) is 3.06. The van der Waals surface area contributed by atoms with Crippen molar-refractivity contribution in [3.05, 3.63) is 0 Å². The van der Waals surface area contributed by atoms with Crippen molar-refractivity contribution >= 4 is 15.8 Å². The van der Waals surface area contributed by atoms with Crippen LogP contribution in [0, 0.1) is 5.92 Å². The van der Waals surface area contributed by atoms with E-state index in [1.54, 1.807) is 0 Å². The molecule has 1 saturated carbocycles. The Morgan fingerprint density at radius 3 is 2.61 bits per heavy atom. The van der Waals surface area contributed by atoms with Crippen molar-refractivity contribution in [3.63, 3.8) is 0 Å². The van der Waals surface area contributed by atoms with Crippen LogP contribution in [0.15, 0.2) is 4.99 Å². The molecule has 0 aromatic rings. The highest BCUT2D eigenvalue weighted by atomic mass is 32.2. The van der Waals surface area contributed by atoms with Crippen molar-refractivity contribution in [2.45, 2.75) is 39.2 Å². The zero-order valence-electron chi connectivity index (χ0n) is 11.6. The first-order valence-corrected chi connectivity index (χ1v) is 8.69. The van der Waals surface area contributed by atoms with Crippen LogP contribution in [-0.2, 0) is 9.84 Å². The predicted molar refractivity (Wildman–Crippen MR) is 75.6 cm³/mol. The molecule has 0 aliphatic heterocycles. The Morgan fingerprint density at radius 2 is 2.11 bits per heavy atom. The zero-order valence-corrected chi connectivity index (χ0v) is 12.4. The molecular weight excluding hydrogens is 250 g/mol. The molecule has 1 fully saturated rings. The van der Waals surface area contributed by atoms with E-state index in [0.717, 1.165) is 25.0 Å². The van der Waals surface area contributed by atoms with Gasteiger partial charge in [0.2, 0.25) is 0 Å². The van der Waals surface area contributed by atoms with Crippen molar-refractivity contribution < 1.29 is 8.42 Å². The predicted octanol–water partition coefficient (Wildman–Crippen LogP) is 0.775. The summed E-state index contributed by atoms with van der Waals surface area (Å²) in [4.78, 5) is 4.50. The molecule has 1 aliphatic rings. The van der Waals surface area contributed by atoms with Gasteiger partial charge in [-0.15, -0.1) is 0 Å². The molecule has 6 heteroatoms. The number of nitrogens with zero attached hydrogens (tertiary/aromatic N) is 1. The SMILES string of the molecule is CCNC(=NCC1CC1)NC(C)CCS(C)(=O)=O. The Morgan fingerprint density at radius 1 is 1.44 bits per heavy atom. The van der Waals surface area contributed by atoms with Gasteiger partial charge in [-0.2, -0.15) is 0 Å². The monoisotopic (exact) mass is 275 g/mol. The standard InChI is InChI=1S/C12H25N3O2S/c1-4-13-12(14-9-11-5-6-11)15-10(2)7-8-18(3,16)17/h10-11H,4-9H2,1-3H3,(H2,13,14,15). The van der Waals surface area contributed by atoms with E-state index < -0.39 is 9.84 Å². The third-order valence-electron chi connectivity index (χ3n) is 2.85. The maximum Gasteiger partial charge on any atom is 0.191 e. The summed E-state index contributed by atoms with van der Waals surface area (Å²) in [6, 6.07) is 0.108. The van der Waals surface area contributed by atoms with Gasteiger partial charge in [-0.3, -0.25) is 4.99 Å². The summed E-state index contributed by atoms with van der Waals surface area (Å²) in [7, 11) is -2.88. The average molecular weight is 275 g/mol. The minimum Gasteiger partial charge on any atom is -0.357 e. The first-order chi connectivity index (χ1) is 8.40. The van der Waals surface area contributed by atoms with Crippen LogP contribution in [0.4, 0.5) is 0 Å². The van der Waals surface area contributed by atoms with Crippen LogP contribution in [0.1, 0.15) is 33.1 Å². The first-order valence-electron chi connectivity index (χ1n) is 6.63. The number of hydrogen-bond donors (Lipinski definition) is 2. The molecule has 1 rings (SSSR count). The number of aliphatic imine (C=N–C) groups is 1. The largest absolute Gasteiger partial charge is 0.357 e. The lowest BCUT2D eigenvalue weighted by atomic mass is 10.3. The van der Waals surface area contributed by atoms with E-state index in [-0.39, 0.29) is 11.8 Å². The van der Waals surface area contributed by atoms with Crippen molar-refractivity contribution in [1.29, 1.82) is 0 Å². The van der Waals surface area contributed by atoms with E-state index in [9.17, 15) is 8.42 Å². The first kappa shape index (κ1) is 15.3. The molecule has 0 heterocycles. The van der Waals surface area contributed by atoms with Gasteiger partial charge in [0, 0.05) is 25.4 Å². The highest BCUT2D eigenvalue weighted by Gasteiger charge is 2.20. The van der Waals surface area contributed by atoms with Gasteiger partial charge in [-0.25, -0.2) is 8.42 Å². The van der Waals surface area contributed by atoms with Crippen LogP contribution < -0.4 is 10.6 Å². The molecule has 0 bridgehead atoms. The molecule has 106 valence electrons. The Labute approximate surface area is 110 Å². The van der Waals surface area contributed by atoms with E-state index in [4.69, 9.17) is 0 Å². The molecule has 1 unspecified atom stereocenters. The maximum absolute atomic E-state index is 11.1. The molecule has 1 atom stereocenters. The van der Waals surface area contributed by atoms with Crippen LogP contribution >= 0.6 is 0 Å². The van der Waals surface area contributed by atoms with E-state index >= 15 is 0 Å². The Kier molecular flexibility index (Phi) is 5.91. The molecule has 5 nitrogen and oxygen atoms in total. The molecule has 0 radical (unpaired) electrons. The highest BCUT2D eigenvalue weighted by Crippen LogP contribution is 2.28. The third kappa shape index (κ3) is 7.53. The van der Waals surface area contributed by atoms with Gasteiger partial charge in [0.05, 0.1) is 5.75 Å². The number of nitrogens with one attached hydrogen (secondary N) is 2. The molecule has 0 saturated heterocycles. The molecule has 0 spiro atoms. The number of sulfone groups is 1. The van der Waals surface area contributed by atoms with Gasteiger partial charge in [-0.05, 0) is 39.0 Å². The van der Waals surface area contributed by atoms with Crippen molar-refractivity contribution in [3.8, 4) is 0 Å². The fraction of sp³-hybridized carbons (Fsp3) is 0.917. The van der Waals surface area contributed by atoms with Crippen LogP contribution in [-0.4, -0.2) is 45.5 Å². The molecule has 0 aromatic heterocycles. The topological polar surface area (TPSA) is 70.6 Å². The summed E-state index contributed by atoms with van der Waals surface area (Å²) in [6.45, 7) is 5.69.